The third-order valence-corrected chi connectivity index (χ3v) is 4.59. The number of hydrogen-bond acceptors (Lipinski definition) is 3. The van der Waals surface area contributed by atoms with E-state index in [1.807, 2.05) is 6.92 Å². The highest BCUT2D eigenvalue weighted by molar-refractivity contribution is 7.91. The van der Waals surface area contributed by atoms with Crippen LogP contribution in [0.25, 0.3) is 0 Å². The third-order valence-electron chi connectivity index (χ3n) is 2.88. The third kappa shape index (κ3) is 4.88. The highest BCUT2D eigenvalue weighted by atomic mass is 32.2. The predicted octanol–water partition coefficient (Wildman–Crippen LogP) is 2.08. The van der Waals surface area contributed by atoms with Crippen LogP contribution >= 0.6 is 0 Å². The first kappa shape index (κ1) is 14.2. The van der Waals surface area contributed by atoms with Crippen LogP contribution < -0.4 is 5.32 Å². The minimum Gasteiger partial charge on any atom is -0.309 e. The molecule has 1 aromatic carbocycles. The van der Waals surface area contributed by atoms with Crippen molar-refractivity contribution in [3.63, 3.8) is 0 Å². The van der Waals surface area contributed by atoms with E-state index in [1.165, 1.54) is 11.1 Å². The van der Waals surface area contributed by atoms with E-state index >= 15 is 0 Å². The average Bonchev–Trinajstić information content (AvgIpc) is 2.29. The van der Waals surface area contributed by atoms with Crippen molar-refractivity contribution in [3.8, 4) is 0 Å². The molecule has 0 bridgehead atoms. The van der Waals surface area contributed by atoms with Crippen molar-refractivity contribution in [2.75, 3.05) is 18.1 Å². The van der Waals surface area contributed by atoms with Gasteiger partial charge in [0.05, 0.1) is 5.75 Å². The molecule has 1 aromatic rings. The maximum absolute atomic E-state index is 11.3. The molecule has 0 aliphatic heterocycles. The Morgan fingerprint density at radius 1 is 1.24 bits per heavy atom. The van der Waals surface area contributed by atoms with Crippen molar-refractivity contribution >= 4 is 9.84 Å². The summed E-state index contributed by atoms with van der Waals surface area (Å²) in [5.74, 6) is 0.424. The SMILES string of the molecule is CCS(=O)(=O)CCN[C@@H](C)c1ccc(C)cc1. The van der Waals surface area contributed by atoms with Crippen molar-refractivity contribution < 1.29 is 8.42 Å². The van der Waals surface area contributed by atoms with Crippen molar-refractivity contribution in [1.29, 1.82) is 0 Å². The Bertz CT molecular complexity index is 437. The summed E-state index contributed by atoms with van der Waals surface area (Å²) in [4.78, 5) is 0. The molecule has 1 atom stereocenters. The number of nitrogens with one attached hydrogen (secondary N) is 1. The van der Waals surface area contributed by atoms with Crippen molar-refractivity contribution in [2.45, 2.75) is 26.8 Å². The van der Waals surface area contributed by atoms with E-state index in [2.05, 4.69) is 36.5 Å². The molecule has 3 nitrogen and oxygen atoms in total. The van der Waals surface area contributed by atoms with Gasteiger partial charge in [0.15, 0.2) is 9.84 Å². The van der Waals surface area contributed by atoms with E-state index in [0.29, 0.717) is 6.54 Å². The van der Waals surface area contributed by atoms with Crippen molar-refractivity contribution in [3.05, 3.63) is 35.4 Å². The zero-order chi connectivity index (χ0) is 12.9. The number of rotatable bonds is 6. The zero-order valence-electron chi connectivity index (χ0n) is 10.7. The molecule has 0 aliphatic rings. The second-order valence-electron chi connectivity index (χ2n) is 4.32. The monoisotopic (exact) mass is 255 g/mol. The lowest BCUT2D eigenvalue weighted by molar-refractivity contribution is 0.573. The Kier molecular flexibility index (Phi) is 5.15. The van der Waals surface area contributed by atoms with Crippen LogP contribution in [0.1, 0.15) is 31.0 Å². The van der Waals surface area contributed by atoms with Gasteiger partial charge in [0.25, 0.3) is 0 Å². The maximum Gasteiger partial charge on any atom is 0.151 e. The first-order valence-electron chi connectivity index (χ1n) is 5.95. The fourth-order valence-corrected chi connectivity index (χ4v) is 2.27. The molecular formula is C13H21NO2S. The van der Waals surface area contributed by atoms with Crippen LogP contribution in [-0.2, 0) is 9.84 Å². The molecule has 0 radical (unpaired) electrons. The molecule has 4 heteroatoms. The summed E-state index contributed by atoms with van der Waals surface area (Å²) >= 11 is 0. The first-order chi connectivity index (χ1) is 7.94. The second-order valence-corrected chi connectivity index (χ2v) is 6.80. The first-order valence-corrected chi connectivity index (χ1v) is 7.77. The van der Waals surface area contributed by atoms with Gasteiger partial charge in [-0.25, -0.2) is 8.42 Å². The molecule has 0 spiro atoms. The smallest absolute Gasteiger partial charge is 0.151 e. The molecule has 0 aliphatic carbocycles. The molecule has 0 saturated heterocycles. The van der Waals surface area contributed by atoms with E-state index in [1.54, 1.807) is 6.92 Å². The van der Waals surface area contributed by atoms with Crippen LogP contribution in [0.3, 0.4) is 0 Å². The maximum atomic E-state index is 11.3. The van der Waals surface area contributed by atoms with Crippen LogP contribution in [0.4, 0.5) is 0 Å². The van der Waals surface area contributed by atoms with E-state index in [-0.39, 0.29) is 17.5 Å². The van der Waals surface area contributed by atoms with Gasteiger partial charge in [-0.3, -0.25) is 0 Å². The lowest BCUT2D eigenvalue weighted by Gasteiger charge is -2.14. The highest BCUT2D eigenvalue weighted by Crippen LogP contribution is 2.12. The van der Waals surface area contributed by atoms with E-state index in [0.717, 1.165) is 0 Å². The number of hydrogen-bond donors (Lipinski definition) is 1. The molecule has 0 amide bonds. The standard InChI is InChI=1S/C13H21NO2S/c1-4-17(15,16)10-9-14-12(3)13-7-5-11(2)6-8-13/h5-8,12,14H,4,9-10H2,1-3H3/t12-/m0/s1. The Labute approximate surface area is 104 Å². The van der Waals surface area contributed by atoms with Crippen LogP contribution in [-0.4, -0.2) is 26.5 Å². The van der Waals surface area contributed by atoms with Crippen LogP contribution in [0.2, 0.25) is 0 Å². The molecule has 1 rings (SSSR count). The Morgan fingerprint density at radius 2 is 1.82 bits per heavy atom. The van der Waals surface area contributed by atoms with Gasteiger partial charge in [0.1, 0.15) is 0 Å². The molecule has 1 N–H and O–H groups in total. The topological polar surface area (TPSA) is 46.2 Å². The van der Waals surface area contributed by atoms with Crippen LogP contribution in [0.15, 0.2) is 24.3 Å². The Morgan fingerprint density at radius 3 is 2.35 bits per heavy atom. The minimum atomic E-state index is -2.87. The fraction of sp³-hybridized carbons (Fsp3) is 0.538. The number of aryl methyl sites for hydroxylation is 1. The minimum absolute atomic E-state index is 0.183. The van der Waals surface area contributed by atoms with Crippen LogP contribution in [0, 0.1) is 6.92 Å². The summed E-state index contributed by atoms with van der Waals surface area (Å²) in [6.07, 6.45) is 0. The molecule has 0 aromatic heterocycles. The highest BCUT2D eigenvalue weighted by Gasteiger charge is 2.09. The summed E-state index contributed by atoms with van der Waals surface area (Å²) in [7, 11) is -2.87. The molecule has 0 unspecified atom stereocenters. The van der Waals surface area contributed by atoms with Gasteiger partial charge in [-0.2, -0.15) is 0 Å². The molecular weight excluding hydrogens is 234 g/mol. The van der Waals surface area contributed by atoms with Gasteiger partial charge in [0, 0.05) is 18.3 Å². The van der Waals surface area contributed by atoms with Gasteiger partial charge >= 0.3 is 0 Å². The number of sulfone groups is 1. The Hall–Kier alpha value is -0.870. The van der Waals surface area contributed by atoms with Crippen LogP contribution in [0.5, 0.6) is 0 Å². The molecule has 17 heavy (non-hydrogen) atoms. The lowest BCUT2D eigenvalue weighted by Crippen LogP contribution is -2.26. The quantitative estimate of drug-likeness (QED) is 0.846. The summed E-state index contributed by atoms with van der Waals surface area (Å²) in [6, 6.07) is 8.46. The van der Waals surface area contributed by atoms with Gasteiger partial charge in [-0.1, -0.05) is 36.8 Å². The summed E-state index contributed by atoms with van der Waals surface area (Å²) in [5.41, 5.74) is 2.42. The predicted molar refractivity (Wildman–Crippen MR) is 71.9 cm³/mol. The number of benzene rings is 1. The second kappa shape index (κ2) is 6.17. The fourth-order valence-electron chi connectivity index (χ4n) is 1.55. The zero-order valence-corrected chi connectivity index (χ0v) is 11.5. The molecule has 0 saturated carbocycles. The normalized spacial score (nSPS) is 13.6. The van der Waals surface area contributed by atoms with Gasteiger partial charge < -0.3 is 5.32 Å². The van der Waals surface area contributed by atoms with Gasteiger partial charge in [-0.05, 0) is 19.4 Å². The molecule has 96 valence electrons. The summed E-state index contributed by atoms with van der Waals surface area (Å²) in [6.45, 7) is 6.28. The molecule has 0 heterocycles. The van der Waals surface area contributed by atoms with E-state index < -0.39 is 9.84 Å². The Balaban J connectivity index is 2.45. The lowest BCUT2D eigenvalue weighted by atomic mass is 10.1. The van der Waals surface area contributed by atoms with Crippen molar-refractivity contribution in [2.24, 2.45) is 0 Å². The van der Waals surface area contributed by atoms with Gasteiger partial charge in [0.2, 0.25) is 0 Å². The van der Waals surface area contributed by atoms with Gasteiger partial charge in [-0.15, -0.1) is 0 Å². The largest absolute Gasteiger partial charge is 0.309 e. The van der Waals surface area contributed by atoms with E-state index in [4.69, 9.17) is 0 Å². The van der Waals surface area contributed by atoms with Crippen molar-refractivity contribution in [1.82, 2.24) is 5.32 Å². The summed E-state index contributed by atoms with van der Waals surface area (Å²) < 4.78 is 22.6. The average molecular weight is 255 g/mol. The van der Waals surface area contributed by atoms with E-state index in [9.17, 15) is 8.42 Å². The summed E-state index contributed by atoms with van der Waals surface area (Å²) in [5, 5.41) is 3.23. The molecule has 0 fully saturated rings.